The number of nitrogens with zero attached hydrogens (tertiary/aromatic N) is 4. The summed E-state index contributed by atoms with van der Waals surface area (Å²) in [6, 6.07) is 36.4. The van der Waals surface area contributed by atoms with E-state index in [0.29, 0.717) is 29.2 Å². The molecule has 1 unspecified atom stereocenters. The van der Waals surface area contributed by atoms with Crippen LogP contribution in [0.2, 0.25) is 0 Å². The number of benzene rings is 4. The Balaban J connectivity index is 0.00000417. The van der Waals surface area contributed by atoms with E-state index in [4.69, 9.17) is 9.84 Å². The van der Waals surface area contributed by atoms with Gasteiger partial charge in [0.25, 0.3) is 0 Å². The molecule has 0 bridgehead atoms. The van der Waals surface area contributed by atoms with Crippen LogP contribution in [0.3, 0.4) is 0 Å². The Morgan fingerprint density at radius 1 is 0.816 bits per heavy atom. The zero-order valence-corrected chi connectivity index (χ0v) is 30.7. The molecular weight excluding hydrogens is 791 g/mol. The normalized spacial score (nSPS) is 12.1. The fourth-order valence-corrected chi connectivity index (χ4v) is 6.70. The van der Waals surface area contributed by atoms with Crippen molar-refractivity contribution in [2.24, 2.45) is 5.92 Å². The van der Waals surface area contributed by atoms with Gasteiger partial charge in [-0.3, -0.25) is 4.68 Å². The molecule has 4 aromatic carbocycles. The first-order valence-electron chi connectivity index (χ1n) is 16.7. The summed E-state index contributed by atoms with van der Waals surface area (Å²) in [6.07, 6.45) is 5.06. The Hall–Kier alpha value is -4.54. The maximum Gasteiger partial charge on any atom is 2.00 e. The minimum Gasteiger partial charge on any atom is -0.509 e. The average Bonchev–Trinajstić information content (AvgIpc) is 3.57. The number of hydrogen-bond acceptors (Lipinski definition) is 3. The van der Waals surface area contributed by atoms with Crippen molar-refractivity contribution in [3.05, 3.63) is 132 Å². The SMILES string of the molecule is Cc1nn(-c2[c-]c(Oc3[c-]c4c(cc3)c3cc(C(C)CCCC(C)C)ccc3n4-c3cc(F)ccn3)ccc2)c(C)c1-c1ccccc1.[Pt+2]. The molecule has 3 aromatic heterocycles. The predicted molar refractivity (Wildman–Crippen MR) is 192 cm³/mol. The molecule has 0 aliphatic rings. The van der Waals surface area contributed by atoms with E-state index in [2.05, 4.69) is 81.2 Å². The molecule has 7 rings (SSSR count). The van der Waals surface area contributed by atoms with Gasteiger partial charge in [-0.05, 0) is 66.4 Å². The maximum absolute atomic E-state index is 14.5. The van der Waals surface area contributed by atoms with E-state index in [-0.39, 0.29) is 26.9 Å². The van der Waals surface area contributed by atoms with Crippen molar-refractivity contribution >= 4 is 21.8 Å². The van der Waals surface area contributed by atoms with Crippen LogP contribution in [0.1, 0.15) is 62.9 Å². The minimum atomic E-state index is -0.344. The quantitative estimate of drug-likeness (QED) is 0.129. The van der Waals surface area contributed by atoms with Crippen LogP contribution in [-0.2, 0) is 21.1 Å². The summed E-state index contributed by atoms with van der Waals surface area (Å²) in [4.78, 5) is 4.54. The molecule has 49 heavy (non-hydrogen) atoms. The third kappa shape index (κ3) is 6.98. The molecule has 0 aliphatic carbocycles. The smallest absolute Gasteiger partial charge is 0.509 e. The molecule has 0 aliphatic heterocycles. The van der Waals surface area contributed by atoms with Crippen molar-refractivity contribution in [3.63, 3.8) is 0 Å². The van der Waals surface area contributed by atoms with Gasteiger partial charge >= 0.3 is 21.1 Å². The number of halogens is 1. The molecule has 0 saturated heterocycles. The van der Waals surface area contributed by atoms with Gasteiger partial charge < -0.3 is 9.30 Å². The summed E-state index contributed by atoms with van der Waals surface area (Å²) in [5.74, 6) is 2.35. The summed E-state index contributed by atoms with van der Waals surface area (Å²) < 4.78 is 24.8. The fourth-order valence-electron chi connectivity index (χ4n) is 6.70. The Bertz CT molecular complexity index is 2240. The van der Waals surface area contributed by atoms with Crippen molar-refractivity contribution in [2.75, 3.05) is 0 Å². The molecule has 250 valence electrons. The van der Waals surface area contributed by atoms with Crippen LogP contribution >= 0.6 is 0 Å². The van der Waals surface area contributed by atoms with Gasteiger partial charge in [-0.25, -0.2) is 9.37 Å². The molecule has 3 heterocycles. The second-order valence-corrected chi connectivity index (χ2v) is 13.1. The number of aryl methyl sites for hydroxylation is 1. The van der Waals surface area contributed by atoms with E-state index < -0.39 is 0 Å². The second kappa shape index (κ2) is 14.5. The maximum atomic E-state index is 14.5. The molecule has 0 saturated carbocycles. The number of pyridine rings is 1. The van der Waals surface area contributed by atoms with Crippen LogP contribution in [-0.4, -0.2) is 19.3 Å². The van der Waals surface area contributed by atoms with Crippen LogP contribution < -0.4 is 4.74 Å². The van der Waals surface area contributed by atoms with Crippen LogP contribution in [0, 0.1) is 37.7 Å². The Morgan fingerprint density at radius 3 is 2.39 bits per heavy atom. The van der Waals surface area contributed by atoms with E-state index in [1.807, 2.05) is 58.6 Å². The molecule has 0 radical (unpaired) electrons. The van der Waals surface area contributed by atoms with Crippen LogP contribution in [0.4, 0.5) is 4.39 Å². The van der Waals surface area contributed by atoms with Crippen LogP contribution in [0.5, 0.6) is 11.5 Å². The van der Waals surface area contributed by atoms with Gasteiger partial charge in [0.15, 0.2) is 0 Å². The van der Waals surface area contributed by atoms with Crippen molar-refractivity contribution < 1.29 is 30.2 Å². The molecule has 0 fully saturated rings. The number of rotatable bonds is 10. The topological polar surface area (TPSA) is 44.9 Å². The average molecular weight is 830 g/mol. The van der Waals surface area contributed by atoms with E-state index >= 15 is 0 Å². The van der Waals surface area contributed by atoms with E-state index in [1.165, 1.54) is 36.7 Å². The van der Waals surface area contributed by atoms with E-state index in [9.17, 15) is 4.39 Å². The predicted octanol–water partition coefficient (Wildman–Crippen LogP) is 11.1. The molecule has 7 aromatic rings. The van der Waals surface area contributed by atoms with Gasteiger partial charge in [-0.2, -0.15) is 17.2 Å². The summed E-state index contributed by atoms with van der Waals surface area (Å²) in [5, 5.41) is 6.94. The van der Waals surface area contributed by atoms with Crippen molar-refractivity contribution in [1.29, 1.82) is 0 Å². The molecule has 0 N–H and O–H groups in total. The largest absolute Gasteiger partial charge is 2.00 e. The van der Waals surface area contributed by atoms with Crippen molar-refractivity contribution in [1.82, 2.24) is 19.3 Å². The zero-order valence-electron chi connectivity index (χ0n) is 28.4. The third-order valence-electron chi connectivity index (χ3n) is 9.15. The van der Waals surface area contributed by atoms with Gasteiger partial charge in [0.05, 0.1) is 5.69 Å². The standard InChI is InChI=1S/C42H39FN4O.Pt/c1-27(2)11-9-12-28(3)32-17-20-39-38(23-32)37-19-18-36(26-40(37)46(39)41-24-33(43)21-22-44-41)48-35-16-10-15-34(25-35)47-30(5)42(29(4)45-47)31-13-7-6-8-14-31;/h6-8,10,13-24,27-28H,9,11-12H2,1-5H3;/q-2;+2. The van der Waals surface area contributed by atoms with Gasteiger partial charge in [0, 0.05) is 40.5 Å². The van der Waals surface area contributed by atoms with Crippen molar-refractivity contribution in [3.8, 4) is 34.1 Å². The number of hydrogen-bond donors (Lipinski definition) is 0. The molecule has 5 nitrogen and oxygen atoms in total. The summed E-state index contributed by atoms with van der Waals surface area (Å²) in [5.41, 5.74) is 8.01. The Morgan fingerprint density at radius 2 is 1.61 bits per heavy atom. The second-order valence-electron chi connectivity index (χ2n) is 13.1. The minimum absolute atomic E-state index is 0. The summed E-state index contributed by atoms with van der Waals surface area (Å²) in [7, 11) is 0. The van der Waals surface area contributed by atoms with Crippen LogP contribution in [0.15, 0.2) is 97.2 Å². The van der Waals surface area contributed by atoms with E-state index in [1.54, 1.807) is 0 Å². The van der Waals surface area contributed by atoms with Gasteiger partial charge in [0.2, 0.25) is 0 Å². The van der Waals surface area contributed by atoms with Gasteiger partial charge in [-0.15, -0.1) is 35.7 Å². The fraction of sp³-hybridized carbons (Fsp3) is 0.238. The monoisotopic (exact) mass is 829 g/mol. The number of fused-ring (bicyclic) bond motifs is 3. The molecule has 0 amide bonds. The molecule has 1 atom stereocenters. The van der Waals surface area contributed by atoms with E-state index in [0.717, 1.165) is 56.4 Å². The first-order valence-corrected chi connectivity index (χ1v) is 16.7. The van der Waals surface area contributed by atoms with Crippen LogP contribution in [0.25, 0.3) is 44.4 Å². The van der Waals surface area contributed by atoms with Gasteiger partial charge in [-0.1, -0.05) is 81.6 Å². The van der Waals surface area contributed by atoms with Gasteiger partial charge in [0.1, 0.15) is 11.6 Å². The Kier molecular flexibility index (Phi) is 10.2. The number of ether oxygens (including phenoxy) is 1. The Labute approximate surface area is 302 Å². The molecule has 7 heteroatoms. The number of aromatic nitrogens is 4. The zero-order chi connectivity index (χ0) is 33.4. The molecule has 0 spiro atoms. The summed E-state index contributed by atoms with van der Waals surface area (Å²) in [6.45, 7) is 10.9. The third-order valence-corrected chi connectivity index (χ3v) is 9.15. The van der Waals surface area contributed by atoms with Crippen molar-refractivity contribution in [2.45, 2.75) is 59.8 Å². The summed E-state index contributed by atoms with van der Waals surface area (Å²) >= 11 is 0. The molecular formula is C42H39FN4OPt. The first-order chi connectivity index (χ1) is 23.3. The first kappa shape index (κ1) is 34.3.